The second-order valence-electron chi connectivity index (χ2n) is 6.54. The molecule has 0 bridgehead atoms. The zero-order chi connectivity index (χ0) is 25.2. The summed E-state index contributed by atoms with van der Waals surface area (Å²) in [5.41, 5.74) is -2.45. The van der Waals surface area contributed by atoms with Crippen LogP contribution in [-0.4, -0.2) is 72.8 Å². The third kappa shape index (κ3) is 6.28. The number of alkyl halides is 8. The second kappa shape index (κ2) is 9.46. The molecule has 1 atom stereocenters. The Bertz CT molecular complexity index is 834. The van der Waals surface area contributed by atoms with Crippen molar-refractivity contribution in [3.05, 3.63) is 12.2 Å². The fraction of sp³-hybridized carbons (Fsp3) is 0.733. The highest BCUT2D eigenvalue weighted by molar-refractivity contribution is 7.86. The molecule has 0 aromatic carbocycles. The summed E-state index contributed by atoms with van der Waals surface area (Å²) in [5, 5.41) is -5.04. The molecule has 1 amide bonds. The zero-order valence-corrected chi connectivity index (χ0v) is 16.7. The van der Waals surface area contributed by atoms with Crippen LogP contribution >= 0.6 is 0 Å². The predicted octanol–water partition coefficient (Wildman–Crippen LogP) is 2.81. The number of nitrogens with zero attached hydrogens (tertiary/aromatic N) is 1. The summed E-state index contributed by atoms with van der Waals surface area (Å²) in [6.07, 6.45) is -13.0. The number of halogens is 8. The van der Waals surface area contributed by atoms with Crippen molar-refractivity contribution in [2.75, 3.05) is 19.7 Å². The van der Waals surface area contributed by atoms with Crippen LogP contribution in [0.15, 0.2) is 12.2 Å². The molecule has 0 spiro atoms. The molecule has 0 saturated carbocycles. The van der Waals surface area contributed by atoms with Crippen molar-refractivity contribution in [2.45, 2.75) is 49.1 Å². The van der Waals surface area contributed by atoms with E-state index >= 15 is 0 Å². The standard InChI is InChI=1S/C15H17F8NO7S/c1-9(14(18,19)20)10(25)31-13(15(21,22)23,11(26)24-6-3-2-4-7-24)30-8-5-12(16,17)32(27,28)29/h1-8H2,(H,27,28,29). The average Bonchev–Trinajstić information content (AvgIpc) is 2.63. The number of carbonyl (C=O) groups excluding carboxylic acids is 2. The van der Waals surface area contributed by atoms with Crippen LogP contribution in [0.3, 0.4) is 0 Å². The summed E-state index contributed by atoms with van der Waals surface area (Å²) < 4.78 is 144. The molecule has 1 unspecified atom stereocenters. The van der Waals surface area contributed by atoms with Gasteiger partial charge in [-0.15, -0.1) is 0 Å². The third-order valence-corrected chi connectivity index (χ3v) is 5.16. The normalized spacial score (nSPS) is 18.1. The van der Waals surface area contributed by atoms with Gasteiger partial charge >= 0.3 is 45.4 Å². The van der Waals surface area contributed by atoms with Crippen molar-refractivity contribution in [3.63, 3.8) is 0 Å². The lowest BCUT2D eigenvalue weighted by Crippen LogP contribution is -2.63. The van der Waals surface area contributed by atoms with E-state index in [4.69, 9.17) is 4.55 Å². The molecule has 186 valence electrons. The topological polar surface area (TPSA) is 110 Å². The van der Waals surface area contributed by atoms with Crippen LogP contribution in [0.4, 0.5) is 35.1 Å². The van der Waals surface area contributed by atoms with Crippen molar-refractivity contribution >= 4 is 22.0 Å². The zero-order valence-electron chi connectivity index (χ0n) is 15.9. The lowest BCUT2D eigenvalue weighted by molar-refractivity contribution is -0.352. The average molecular weight is 507 g/mol. The fourth-order valence-corrected chi connectivity index (χ4v) is 2.79. The Balaban J connectivity index is 3.38. The van der Waals surface area contributed by atoms with E-state index in [1.165, 1.54) is 0 Å². The molecular formula is C15H17F8NO7S. The molecule has 1 N–H and O–H groups in total. The SMILES string of the molecule is C=C(C(=O)OC(OCCC(F)(F)S(=O)(=O)O)(C(=O)N1CCCCC1)C(F)(F)F)C(F)(F)F. The van der Waals surface area contributed by atoms with Gasteiger partial charge in [0.2, 0.25) is 0 Å². The van der Waals surface area contributed by atoms with E-state index in [1.807, 2.05) is 0 Å². The Kier molecular flexibility index (Phi) is 8.29. The first kappa shape index (κ1) is 28.0. The molecule has 0 radical (unpaired) electrons. The highest BCUT2D eigenvalue weighted by atomic mass is 32.2. The molecule has 0 aromatic rings. The minimum atomic E-state index is -6.11. The van der Waals surface area contributed by atoms with Gasteiger partial charge in [0.25, 0.3) is 0 Å². The highest BCUT2D eigenvalue weighted by Crippen LogP contribution is 2.40. The Morgan fingerprint density at radius 2 is 1.47 bits per heavy atom. The number of piperidine rings is 1. The maximum atomic E-state index is 13.8. The van der Waals surface area contributed by atoms with Gasteiger partial charge in [-0.25, -0.2) is 4.79 Å². The first-order chi connectivity index (χ1) is 14.3. The van der Waals surface area contributed by atoms with E-state index in [0.29, 0.717) is 11.3 Å². The Morgan fingerprint density at radius 1 is 0.969 bits per heavy atom. The van der Waals surface area contributed by atoms with Crippen molar-refractivity contribution in [2.24, 2.45) is 0 Å². The second-order valence-corrected chi connectivity index (χ2v) is 8.09. The summed E-state index contributed by atoms with van der Waals surface area (Å²) in [6, 6.07) is 0. The van der Waals surface area contributed by atoms with E-state index in [2.05, 4.69) is 16.1 Å². The number of esters is 1. The van der Waals surface area contributed by atoms with E-state index in [1.54, 1.807) is 0 Å². The quantitative estimate of drug-likeness (QED) is 0.177. The van der Waals surface area contributed by atoms with Crippen LogP contribution in [-0.2, 0) is 29.2 Å². The summed E-state index contributed by atoms with van der Waals surface area (Å²) in [6.45, 7) is -0.435. The monoisotopic (exact) mass is 507 g/mol. The van der Waals surface area contributed by atoms with E-state index in [9.17, 15) is 53.1 Å². The highest BCUT2D eigenvalue weighted by Gasteiger charge is 2.68. The van der Waals surface area contributed by atoms with Gasteiger partial charge in [-0.3, -0.25) is 9.35 Å². The summed E-state index contributed by atoms with van der Waals surface area (Å²) in [4.78, 5) is 24.7. The maximum absolute atomic E-state index is 13.8. The molecule has 0 aromatic heterocycles. The molecule has 1 aliphatic rings. The van der Waals surface area contributed by atoms with E-state index in [0.717, 1.165) is 0 Å². The third-order valence-electron chi connectivity index (χ3n) is 4.20. The number of carbonyl (C=O) groups is 2. The number of rotatable bonds is 8. The van der Waals surface area contributed by atoms with Crippen LogP contribution in [0.2, 0.25) is 0 Å². The fourth-order valence-electron chi connectivity index (χ4n) is 2.45. The molecule has 1 fully saturated rings. The van der Waals surface area contributed by atoms with Crippen molar-refractivity contribution < 1.29 is 67.2 Å². The lowest BCUT2D eigenvalue weighted by atomic mass is 10.1. The Morgan fingerprint density at radius 3 is 1.88 bits per heavy atom. The van der Waals surface area contributed by atoms with Gasteiger partial charge < -0.3 is 14.4 Å². The van der Waals surface area contributed by atoms with Gasteiger partial charge in [-0.1, -0.05) is 6.58 Å². The molecular weight excluding hydrogens is 490 g/mol. The molecule has 32 heavy (non-hydrogen) atoms. The molecule has 8 nitrogen and oxygen atoms in total. The molecule has 0 aliphatic carbocycles. The maximum Gasteiger partial charge on any atom is 0.466 e. The number of amides is 1. The molecule has 17 heteroatoms. The molecule has 1 aliphatic heterocycles. The number of likely N-dealkylation sites (tertiary alicyclic amines) is 1. The first-order valence-corrected chi connectivity index (χ1v) is 10.0. The van der Waals surface area contributed by atoms with Crippen LogP contribution in [0.1, 0.15) is 25.7 Å². The molecule has 1 saturated heterocycles. The van der Waals surface area contributed by atoms with Gasteiger partial charge in [0.15, 0.2) is 0 Å². The smallest absolute Gasteiger partial charge is 0.412 e. The summed E-state index contributed by atoms with van der Waals surface area (Å²) in [5.74, 6) is -9.80. The Labute approximate surface area is 175 Å². The number of ether oxygens (including phenoxy) is 2. The summed E-state index contributed by atoms with van der Waals surface area (Å²) >= 11 is 0. The van der Waals surface area contributed by atoms with Crippen molar-refractivity contribution in [1.82, 2.24) is 4.90 Å². The van der Waals surface area contributed by atoms with E-state index in [-0.39, 0.29) is 25.9 Å². The van der Waals surface area contributed by atoms with Gasteiger partial charge in [-0.05, 0) is 19.3 Å². The van der Waals surface area contributed by atoms with E-state index < -0.39 is 64.0 Å². The van der Waals surface area contributed by atoms with Gasteiger partial charge in [0, 0.05) is 13.1 Å². The molecule has 1 heterocycles. The van der Waals surface area contributed by atoms with Crippen LogP contribution in [0.5, 0.6) is 0 Å². The van der Waals surface area contributed by atoms with Crippen LogP contribution < -0.4 is 0 Å². The largest absolute Gasteiger partial charge is 0.466 e. The number of hydrogen-bond donors (Lipinski definition) is 1. The van der Waals surface area contributed by atoms with Gasteiger partial charge in [0.1, 0.15) is 5.57 Å². The number of hydrogen-bond acceptors (Lipinski definition) is 6. The predicted molar refractivity (Wildman–Crippen MR) is 87.6 cm³/mol. The minimum absolute atomic E-state index is 0.170. The van der Waals surface area contributed by atoms with Crippen LogP contribution in [0.25, 0.3) is 0 Å². The van der Waals surface area contributed by atoms with Crippen molar-refractivity contribution in [3.8, 4) is 0 Å². The lowest BCUT2D eigenvalue weighted by Gasteiger charge is -2.38. The first-order valence-electron chi connectivity index (χ1n) is 8.60. The van der Waals surface area contributed by atoms with Crippen molar-refractivity contribution in [1.29, 1.82) is 0 Å². The van der Waals surface area contributed by atoms with Crippen LogP contribution in [0, 0.1) is 0 Å². The van der Waals surface area contributed by atoms with Gasteiger partial charge in [0.05, 0.1) is 13.0 Å². The Hall–Kier alpha value is -2.01. The summed E-state index contributed by atoms with van der Waals surface area (Å²) in [7, 11) is -6.11. The minimum Gasteiger partial charge on any atom is -0.412 e. The molecule has 1 rings (SSSR count). The van der Waals surface area contributed by atoms with Gasteiger partial charge in [-0.2, -0.15) is 43.5 Å².